The second-order valence-corrected chi connectivity index (χ2v) is 16.1. The zero-order valence-corrected chi connectivity index (χ0v) is 29.0. The Hall–Kier alpha value is -0.240. The molecule has 0 amide bonds. The molecular formula is C33H68O6. The Morgan fingerprint density at radius 2 is 0.590 bits per heavy atom. The molecule has 0 spiro atoms. The Bertz CT molecular complexity index is 573. The Morgan fingerprint density at radius 1 is 0.359 bits per heavy atom. The molecule has 0 bridgehead atoms. The highest BCUT2D eigenvalue weighted by atomic mass is 16.5. The van der Waals surface area contributed by atoms with E-state index in [0.717, 1.165) is 25.7 Å². The van der Waals surface area contributed by atoms with Crippen LogP contribution in [0.15, 0.2) is 0 Å². The summed E-state index contributed by atoms with van der Waals surface area (Å²) in [6, 6.07) is 0. The van der Waals surface area contributed by atoms with Crippen LogP contribution in [0, 0.1) is 5.41 Å². The fourth-order valence-corrected chi connectivity index (χ4v) is 3.50. The molecule has 0 N–H and O–H groups in total. The summed E-state index contributed by atoms with van der Waals surface area (Å²) in [4.78, 5) is 0. The van der Waals surface area contributed by atoms with E-state index in [1.54, 1.807) is 0 Å². The van der Waals surface area contributed by atoms with E-state index in [4.69, 9.17) is 28.4 Å². The van der Waals surface area contributed by atoms with E-state index in [1.165, 1.54) is 0 Å². The molecule has 39 heavy (non-hydrogen) atoms. The van der Waals surface area contributed by atoms with Crippen LogP contribution in [0.3, 0.4) is 0 Å². The molecule has 0 atom stereocenters. The molecule has 236 valence electrons. The number of hydrogen-bond acceptors (Lipinski definition) is 6. The average molecular weight is 561 g/mol. The van der Waals surface area contributed by atoms with Crippen LogP contribution in [0.4, 0.5) is 0 Å². The second-order valence-electron chi connectivity index (χ2n) is 16.1. The number of rotatable bonds is 19. The van der Waals surface area contributed by atoms with Gasteiger partial charge in [0.05, 0.1) is 53.4 Å². The standard InChI is InChI=1S/C33H68O6/c1-17-33(24-37-30(11,12)18-21-34-27(2,3)4,25-38-31(13,14)19-22-35-28(5,6)7)26-39-32(15,16)20-23-36-29(8,9)10/h17-26H2,1-16H3. The fourth-order valence-electron chi connectivity index (χ4n) is 3.50. The van der Waals surface area contributed by atoms with E-state index < -0.39 is 0 Å². The average Bonchev–Trinajstić information content (AvgIpc) is 2.70. The van der Waals surface area contributed by atoms with Gasteiger partial charge < -0.3 is 28.4 Å². The highest BCUT2D eigenvalue weighted by Gasteiger charge is 2.37. The van der Waals surface area contributed by atoms with Crippen LogP contribution in [0.1, 0.15) is 136 Å². The van der Waals surface area contributed by atoms with Gasteiger partial charge in [-0.05, 0) is 130 Å². The van der Waals surface area contributed by atoms with Crippen molar-refractivity contribution in [2.75, 3.05) is 39.6 Å². The molecule has 0 radical (unpaired) electrons. The quantitative estimate of drug-likeness (QED) is 0.158. The Kier molecular flexibility index (Phi) is 15.2. The van der Waals surface area contributed by atoms with Crippen molar-refractivity contribution < 1.29 is 28.4 Å². The molecule has 6 nitrogen and oxygen atoms in total. The third-order valence-corrected chi connectivity index (χ3v) is 6.77. The molecule has 0 aromatic rings. The summed E-state index contributed by atoms with van der Waals surface area (Å²) < 4.78 is 37.7. The number of hydrogen-bond donors (Lipinski definition) is 0. The first-order valence-electron chi connectivity index (χ1n) is 15.1. The molecule has 0 aromatic heterocycles. The predicted molar refractivity (Wildman–Crippen MR) is 164 cm³/mol. The van der Waals surface area contributed by atoms with Gasteiger partial charge in [-0.15, -0.1) is 0 Å². The van der Waals surface area contributed by atoms with Gasteiger partial charge in [0.15, 0.2) is 0 Å². The van der Waals surface area contributed by atoms with Crippen LogP contribution >= 0.6 is 0 Å². The molecule has 6 heteroatoms. The molecule has 0 aliphatic heterocycles. The maximum atomic E-state index is 6.59. The first-order valence-corrected chi connectivity index (χ1v) is 15.1. The summed E-state index contributed by atoms with van der Waals surface area (Å²) in [5.41, 5.74) is -1.72. The zero-order valence-electron chi connectivity index (χ0n) is 29.0. The van der Waals surface area contributed by atoms with Gasteiger partial charge in [0.1, 0.15) is 0 Å². The molecule has 0 saturated heterocycles. The molecule has 0 fully saturated rings. The third-order valence-electron chi connectivity index (χ3n) is 6.77. The molecule has 0 rings (SSSR count). The zero-order chi connectivity index (χ0) is 30.8. The Balaban J connectivity index is 5.46. The van der Waals surface area contributed by atoms with E-state index >= 15 is 0 Å². The van der Waals surface area contributed by atoms with E-state index in [-0.39, 0.29) is 39.0 Å². The van der Waals surface area contributed by atoms with Gasteiger partial charge >= 0.3 is 0 Å². The normalized spacial score (nSPS) is 14.8. The van der Waals surface area contributed by atoms with Gasteiger partial charge in [0.2, 0.25) is 0 Å². The maximum absolute atomic E-state index is 6.59. The lowest BCUT2D eigenvalue weighted by Gasteiger charge is -2.41. The van der Waals surface area contributed by atoms with Crippen LogP contribution in [-0.4, -0.2) is 73.2 Å². The van der Waals surface area contributed by atoms with Gasteiger partial charge in [-0.1, -0.05) is 6.92 Å². The second kappa shape index (κ2) is 15.3. The fraction of sp³-hybridized carbons (Fsp3) is 1.00. The lowest BCUT2D eigenvalue weighted by atomic mass is 9.86. The van der Waals surface area contributed by atoms with Gasteiger partial charge in [-0.3, -0.25) is 0 Å². The summed E-state index contributed by atoms with van der Waals surface area (Å²) in [7, 11) is 0. The molecule has 0 aliphatic carbocycles. The van der Waals surface area contributed by atoms with Crippen molar-refractivity contribution in [2.24, 2.45) is 5.41 Å². The van der Waals surface area contributed by atoms with Crippen molar-refractivity contribution in [3.63, 3.8) is 0 Å². The van der Waals surface area contributed by atoms with Gasteiger partial charge in [0, 0.05) is 25.2 Å². The van der Waals surface area contributed by atoms with Crippen molar-refractivity contribution in [1.29, 1.82) is 0 Å². The molecule has 0 aliphatic rings. The van der Waals surface area contributed by atoms with Crippen LogP contribution in [0.5, 0.6) is 0 Å². The van der Waals surface area contributed by atoms with Crippen molar-refractivity contribution in [2.45, 2.75) is 170 Å². The molecule has 0 aromatic carbocycles. The van der Waals surface area contributed by atoms with Crippen molar-refractivity contribution in [1.82, 2.24) is 0 Å². The molecule has 0 unspecified atom stereocenters. The lowest BCUT2D eigenvalue weighted by Crippen LogP contribution is -2.45. The lowest BCUT2D eigenvalue weighted by molar-refractivity contribution is -0.168. The Morgan fingerprint density at radius 3 is 0.769 bits per heavy atom. The van der Waals surface area contributed by atoms with Gasteiger partial charge in [-0.25, -0.2) is 0 Å². The van der Waals surface area contributed by atoms with Crippen molar-refractivity contribution >= 4 is 0 Å². The minimum absolute atomic E-state index is 0.157. The third kappa shape index (κ3) is 21.2. The molecule has 0 saturated carbocycles. The van der Waals surface area contributed by atoms with Gasteiger partial charge in [0.25, 0.3) is 0 Å². The van der Waals surface area contributed by atoms with E-state index in [0.29, 0.717) is 39.6 Å². The Labute approximate surface area is 243 Å². The smallest absolute Gasteiger partial charge is 0.0648 e. The van der Waals surface area contributed by atoms with Crippen molar-refractivity contribution in [3.05, 3.63) is 0 Å². The summed E-state index contributed by atoms with van der Waals surface area (Å²) in [6.45, 7) is 37.4. The summed E-state index contributed by atoms with van der Waals surface area (Å²) in [5.74, 6) is 0. The monoisotopic (exact) mass is 561 g/mol. The SMILES string of the molecule is CCC(COC(C)(C)CCOC(C)(C)C)(COC(C)(C)CCOC(C)(C)C)COC(C)(C)CCOC(C)(C)C. The van der Waals surface area contributed by atoms with Gasteiger partial charge in [-0.2, -0.15) is 0 Å². The van der Waals surface area contributed by atoms with E-state index in [9.17, 15) is 0 Å². The topological polar surface area (TPSA) is 55.4 Å². The van der Waals surface area contributed by atoms with E-state index in [2.05, 4.69) is 111 Å². The number of ether oxygens (including phenoxy) is 6. The first kappa shape index (κ1) is 38.8. The predicted octanol–water partition coefficient (Wildman–Crippen LogP) is 8.38. The van der Waals surface area contributed by atoms with Crippen LogP contribution in [0.25, 0.3) is 0 Å². The van der Waals surface area contributed by atoms with Crippen LogP contribution in [0.2, 0.25) is 0 Å². The summed E-state index contributed by atoms with van der Waals surface area (Å²) in [6.07, 6.45) is 3.33. The van der Waals surface area contributed by atoms with Crippen molar-refractivity contribution in [3.8, 4) is 0 Å². The summed E-state index contributed by atoms with van der Waals surface area (Å²) in [5, 5.41) is 0. The molecule has 0 heterocycles. The summed E-state index contributed by atoms with van der Waals surface area (Å²) >= 11 is 0. The highest BCUT2D eigenvalue weighted by Crippen LogP contribution is 2.32. The largest absolute Gasteiger partial charge is 0.376 e. The molecular weight excluding hydrogens is 492 g/mol. The van der Waals surface area contributed by atoms with E-state index in [1.807, 2.05) is 0 Å². The van der Waals surface area contributed by atoms with Crippen LogP contribution in [-0.2, 0) is 28.4 Å². The minimum Gasteiger partial charge on any atom is -0.376 e. The highest BCUT2D eigenvalue weighted by molar-refractivity contribution is 4.84. The maximum Gasteiger partial charge on any atom is 0.0648 e. The van der Waals surface area contributed by atoms with Crippen LogP contribution < -0.4 is 0 Å². The minimum atomic E-state index is -0.322. The first-order chi connectivity index (χ1) is 17.3.